The van der Waals surface area contributed by atoms with Gasteiger partial charge in [0.05, 0.1) is 11.0 Å². The normalized spacial score (nSPS) is 11.6. The van der Waals surface area contributed by atoms with E-state index in [1.54, 1.807) is 6.92 Å². The van der Waals surface area contributed by atoms with E-state index < -0.39 is 0 Å². The largest absolute Gasteiger partial charge is 0.325 e. The van der Waals surface area contributed by atoms with Crippen molar-refractivity contribution in [3.05, 3.63) is 59.1 Å². The minimum atomic E-state index is -0.319. The molecule has 2 rings (SSSR count). The van der Waals surface area contributed by atoms with Gasteiger partial charge in [0.1, 0.15) is 0 Å². The Bertz CT molecular complexity index is 662. The van der Waals surface area contributed by atoms with Gasteiger partial charge in [-0.25, -0.2) is 0 Å². The third-order valence-corrected chi connectivity index (χ3v) is 4.67. The van der Waals surface area contributed by atoms with Crippen LogP contribution in [0.4, 0.5) is 11.4 Å². The van der Waals surface area contributed by atoms with E-state index in [0.29, 0.717) is 0 Å². The third-order valence-electron chi connectivity index (χ3n) is 3.00. The number of hydrogen-bond acceptors (Lipinski definition) is 3. The highest BCUT2D eigenvalue weighted by molar-refractivity contribution is 9.10. The fraction of sp³-hybridized carbons (Fsp3) is 0.176. The zero-order valence-electron chi connectivity index (χ0n) is 12.6. The molecule has 0 fully saturated rings. The van der Waals surface area contributed by atoms with Gasteiger partial charge in [0.15, 0.2) is 0 Å². The molecule has 0 saturated carbocycles. The van der Waals surface area contributed by atoms with E-state index in [9.17, 15) is 9.59 Å². The number of para-hydroxylation sites is 1. The highest BCUT2D eigenvalue weighted by Gasteiger charge is 2.15. The first-order valence-corrected chi connectivity index (χ1v) is 8.91. The summed E-state index contributed by atoms with van der Waals surface area (Å²) < 4.78 is 0.954. The molecule has 0 aliphatic rings. The van der Waals surface area contributed by atoms with Crippen molar-refractivity contribution >= 4 is 50.9 Å². The first-order chi connectivity index (χ1) is 11.0. The van der Waals surface area contributed by atoms with Crippen molar-refractivity contribution in [3.8, 4) is 0 Å². The third kappa shape index (κ3) is 6.08. The predicted octanol–water partition coefficient (Wildman–Crippen LogP) is 4.15. The van der Waals surface area contributed by atoms with E-state index in [4.69, 9.17) is 0 Å². The molecule has 23 heavy (non-hydrogen) atoms. The van der Waals surface area contributed by atoms with Crippen LogP contribution in [-0.2, 0) is 9.59 Å². The van der Waals surface area contributed by atoms with Crippen molar-refractivity contribution in [2.45, 2.75) is 12.2 Å². The van der Waals surface area contributed by atoms with Crippen molar-refractivity contribution in [1.82, 2.24) is 0 Å². The monoisotopic (exact) mass is 392 g/mol. The summed E-state index contributed by atoms with van der Waals surface area (Å²) >= 11 is 4.65. The summed E-state index contributed by atoms with van der Waals surface area (Å²) in [5, 5.41) is 5.31. The van der Waals surface area contributed by atoms with Crippen LogP contribution in [0, 0.1) is 0 Å². The lowest BCUT2D eigenvalue weighted by molar-refractivity contribution is -0.115. The second kappa shape index (κ2) is 8.74. The van der Waals surface area contributed by atoms with Crippen LogP contribution in [0.25, 0.3) is 0 Å². The lowest BCUT2D eigenvalue weighted by atomic mass is 10.3. The van der Waals surface area contributed by atoms with Gasteiger partial charge in [-0.05, 0) is 43.3 Å². The lowest BCUT2D eigenvalue weighted by Gasteiger charge is -2.12. The molecular formula is C17H17BrN2O2S. The maximum absolute atomic E-state index is 12.1. The SMILES string of the molecule is C[C@@H](SCC(=O)Nc1ccccc1)C(=O)Nc1ccc(Br)cc1. The molecule has 120 valence electrons. The van der Waals surface area contributed by atoms with Gasteiger partial charge < -0.3 is 10.6 Å². The molecule has 2 aromatic rings. The summed E-state index contributed by atoms with van der Waals surface area (Å²) in [7, 11) is 0. The Hall–Kier alpha value is -1.79. The molecule has 2 amide bonds. The quantitative estimate of drug-likeness (QED) is 0.775. The number of rotatable bonds is 6. The van der Waals surface area contributed by atoms with Crippen LogP contribution in [0.5, 0.6) is 0 Å². The number of thioether (sulfide) groups is 1. The zero-order valence-corrected chi connectivity index (χ0v) is 15.0. The Morgan fingerprint density at radius 1 is 1.00 bits per heavy atom. The summed E-state index contributed by atoms with van der Waals surface area (Å²) in [6.45, 7) is 1.79. The van der Waals surface area contributed by atoms with Crippen LogP contribution in [0.1, 0.15) is 6.92 Å². The standard InChI is InChI=1S/C17H17BrN2O2S/c1-12(17(22)20-15-9-7-13(18)8-10-15)23-11-16(21)19-14-5-3-2-4-6-14/h2-10,12H,11H2,1H3,(H,19,21)(H,20,22)/t12-/m1/s1. The first kappa shape index (κ1) is 17.6. The topological polar surface area (TPSA) is 58.2 Å². The van der Waals surface area contributed by atoms with Crippen molar-refractivity contribution in [3.63, 3.8) is 0 Å². The van der Waals surface area contributed by atoms with Crippen molar-refractivity contribution in [1.29, 1.82) is 0 Å². The summed E-state index contributed by atoms with van der Waals surface area (Å²) in [4.78, 5) is 24.0. The van der Waals surface area contributed by atoms with Gasteiger partial charge in [0.25, 0.3) is 0 Å². The van der Waals surface area contributed by atoms with Gasteiger partial charge in [0, 0.05) is 15.8 Å². The van der Waals surface area contributed by atoms with E-state index >= 15 is 0 Å². The number of halogens is 1. The minimum absolute atomic E-state index is 0.121. The number of carbonyl (C=O) groups is 2. The summed E-state index contributed by atoms with van der Waals surface area (Å²) in [5.74, 6) is -0.0154. The molecule has 6 heteroatoms. The van der Waals surface area contributed by atoms with Gasteiger partial charge >= 0.3 is 0 Å². The van der Waals surface area contributed by atoms with Gasteiger partial charge in [-0.3, -0.25) is 9.59 Å². The summed E-state index contributed by atoms with van der Waals surface area (Å²) in [5.41, 5.74) is 1.49. The molecule has 0 saturated heterocycles. The van der Waals surface area contributed by atoms with Crippen molar-refractivity contribution in [2.24, 2.45) is 0 Å². The highest BCUT2D eigenvalue weighted by atomic mass is 79.9. The molecular weight excluding hydrogens is 376 g/mol. The van der Waals surface area contributed by atoms with E-state index in [2.05, 4.69) is 26.6 Å². The minimum Gasteiger partial charge on any atom is -0.325 e. The van der Waals surface area contributed by atoms with Gasteiger partial charge in [-0.15, -0.1) is 11.8 Å². The van der Waals surface area contributed by atoms with E-state index in [1.807, 2.05) is 54.6 Å². The molecule has 1 atom stereocenters. The molecule has 0 aliphatic heterocycles. The molecule has 0 aliphatic carbocycles. The summed E-state index contributed by atoms with van der Waals surface area (Å²) in [6.07, 6.45) is 0. The average Bonchev–Trinajstić information content (AvgIpc) is 2.55. The Labute approximate surface area is 148 Å². The molecule has 0 spiro atoms. The summed E-state index contributed by atoms with van der Waals surface area (Å²) in [6, 6.07) is 16.6. The van der Waals surface area contributed by atoms with Crippen LogP contribution in [-0.4, -0.2) is 22.8 Å². The molecule has 4 nitrogen and oxygen atoms in total. The Balaban J connectivity index is 1.77. The van der Waals surface area contributed by atoms with Crippen LogP contribution in [0.3, 0.4) is 0 Å². The van der Waals surface area contributed by atoms with Crippen LogP contribution in [0.15, 0.2) is 59.1 Å². The maximum Gasteiger partial charge on any atom is 0.237 e. The smallest absolute Gasteiger partial charge is 0.237 e. The number of amides is 2. The number of hydrogen-bond donors (Lipinski definition) is 2. The van der Waals surface area contributed by atoms with Crippen molar-refractivity contribution < 1.29 is 9.59 Å². The molecule has 2 aromatic carbocycles. The average molecular weight is 393 g/mol. The molecule has 0 aromatic heterocycles. The number of carbonyl (C=O) groups excluding carboxylic acids is 2. The Morgan fingerprint density at radius 3 is 2.26 bits per heavy atom. The van der Waals surface area contributed by atoms with Crippen molar-refractivity contribution in [2.75, 3.05) is 16.4 Å². The number of benzene rings is 2. The van der Waals surface area contributed by atoms with E-state index in [1.165, 1.54) is 11.8 Å². The van der Waals surface area contributed by atoms with Gasteiger partial charge in [-0.2, -0.15) is 0 Å². The molecule has 0 radical (unpaired) electrons. The van der Waals surface area contributed by atoms with Crippen LogP contribution >= 0.6 is 27.7 Å². The van der Waals surface area contributed by atoms with Crippen LogP contribution in [0.2, 0.25) is 0 Å². The van der Waals surface area contributed by atoms with Gasteiger partial charge in [-0.1, -0.05) is 34.1 Å². The second-order valence-electron chi connectivity index (χ2n) is 4.86. The van der Waals surface area contributed by atoms with E-state index in [-0.39, 0.29) is 22.8 Å². The Kier molecular flexibility index (Phi) is 6.67. The zero-order chi connectivity index (χ0) is 16.7. The van der Waals surface area contributed by atoms with Crippen LogP contribution < -0.4 is 10.6 Å². The second-order valence-corrected chi connectivity index (χ2v) is 7.11. The van der Waals surface area contributed by atoms with E-state index in [0.717, 1.165) is 15.8 Å². The maximum atomic E-state index is 12.1. The molecule has 0 heterocycles. The molecule has 2 N–H and O–H groups in total. The lowest BCUT2D eigenvalue weighted by Crippen LogP contribution is -2.25. The predicted molar refractivity (Wildman–Crippen MR) is 99.8 cm³/mol. The number of nitrogens with one attached hydrogen (secondary N) is 2. The molecule has 0 bridgehead atoms. The highest BCUT2D eigenvalue weighted by Crippen LogP contribution is 2.17. The Morgan fingerprint density at radius 2 is 1.61 bits per heavy atom. The van der Waals surface area contributed by atoms with Gasteiger partial charge in [0.2, 0.25) is 11.8 Å². The fourth-order valence-corrected chi connectivity index (χ4v) is 2.72. The number of anilines is 2. The molecule has 0 unspecified atom stereocenters. The fourth-order valence-electron chi connectivity index (χ4n) is 1.77. The first-order valence-electron chi connectivity index (χ1n) is 7.07.